The molecule has 0 bridgehead atoms. The molecule has 2 aromatic heterocycles. The Hall–Kier alpha value is -1.55. The van der Waals surface area contributed by atoms with Gasteiger partial charge in [0.2, 0.25) is 5.89 Å². The summed E-state index contributed by atoms with van der Waals surface area (Å²) in [7, 11) is 0. The van der Waals surface area contributed by atoms with Crippen molar-refractivity contribution in [3.63, 3.8) is 0 Å². The fourth-order valence-electron chi connectivity index (χ4n) is 1.16. The Labute approximate surface area is 81.9 Å². The minimum absolute atomic E-state index is 0.650. The molecule has 2 rings (SSSR count). The van der Waals surface area contributed by atoms with E-state index in [4.69, 9.17) is 8.83 Å². The van der Waals surface area contributed by atoms with Crippen LogP contribution in [0.1, 0.15) is 12.8 Å². The lowest BCUT2D eigenvalue weighted by Crippen LogP contribution is -2.11. The lowest BCUT2D eigenvalue weighted by molar-refractivity contribution is 0.465. The number of rotatable bonds is 4. The van der Waals surface area contributed by atoms with Crippen molar-refractivity contribution < 1.29 is 8.83 Å². The van der Waals surface area contributed by atoms with Crippen molar-refractivity contribution in [1.29, 1.82) is 0 Å². The SMILES string of the molecule is CCNCc1ncc(-c2ccco2)o1. The summed E-state index contributed by atoms with van der Waals surface area (Å²) in [5.41, 5.74) is 0. The van der Waals surface area contributed by atoms with Gasteiger partial charge in [0.1, 0.15) is 0 Å². The first-order chi connectivity index (χ1) is 6.90. The van der Waals surface area contributed by atoms with Crippen LogP contribution in [0.25, 0.3) is 11.5 Å². The van der Waals surface area contributed by atoms with E-state index in [0.29, 0.717) is 24.0 Å². The lowest BCUT2D eigenvalue weighted by Gasteiger charge is -1.94. The van der Waals surface area contributed by atoms with Crippen molar-refractivity contribution in [3.05, 3.63) is 30.5 Å². The average molecular weight is 192 g/mol. The zero-order valence-corrected chi connectivity index (χ0v) is 7.99. The Kier molecular flexibility index (Phi) is 2.65. The van der Waals surface area contributed by atoms with Crippen LogP contribution in [-0.4, -0.2) is 11.5 Å². The van der Waals surface area contributed by atoms with E-state index in [2.05, 4.69) is 10.3 Å². The quantitative estimate of drug-likeness (QED) is 0.805. The molecule has 0 fully saturated rings. The first kappa shape index (κ1) is 9.02. The summed E-state index contributed by atoms with van der Waals surface area (Å²) < 4.78 is 10.6. The summed E-state index contributed by atoms with van der Waals surface area (Å²) in [4.78, 5) is 4.12. The Bertz CT molecular complexity index is 378. The van der Waals surface area contributed by atoms with Crippen molar-refractivity contribution in [2.75, 3.05) is 6.54 Å². The van der Waals surface area contributed by atoms with Gasteiger partial charge in [-0.1, -0.05) is 6.92 Å². The van der Waals surface area contributed by atoms with E-state index >= 15 is 0 Å². The standard InChI is InChI=1S/C10H12N2O2/c1-2-11-7-10-12-6-9(14-10)8-4-3-5-13-8/h3-6,11H,2,7H2,1H3. The first-order valence-corrected chi connectivity index (χ1v) is 4.59. The highest BCUT2D eigenvalue weighted by Gasteiger charge is 2.07. The van der Waals surface area contributed by atoms with Gasteiger partial charge in [-0.2, -0.15) is 0 Å². The third-order valence-electron chi connectivity index (χ3n) is 1.84. The second kappa shape index (κ2) is 4.11. The maximum absolute atomic E-state index is 5.46. The highest BCUT2D eigenvalue weighted by Crippen LogP contribution is 2.20. The molecule has 4 nitrogen and oxygen atoms in total. The Morgan fingerprint density at radius 2 is 2.36 bits per heavy atom. The number of hydrogen-bond donors (Lipinski definition) is 1. The predicted molar refractivity (Wildman–Crippen MR) is 51.6 cm³/mol. The normalized spacial score (nSPS) is 10.6. The molecule has 4 heteroatoms. The molecular formula is C10H12N2O2. The molecule has 1 N–H and O–H groups in total. The van der Waals surface area contributed by atoms with Gasteiger partial charge < -0.3 is 14.2 Å². The van der Waals surface area contributed by atoms with Crippen LogP contribution >= 0.6 is 0 Å². The lowest BCUT2D eigenvalue weighted by atomic mass is 10.4. The van der Waals surface area contributed by atoms with Crippen molar-refractivity contribution in [2.24, 2.45) is 0 Å². The van der Waals surface area contributed by atoms with Gasteiger partial charge in [0.05, 0.1) is 19.0 Å². The predicted octanol–water partition coefficient (Wildman–Crippen LogP) is 2.04. The van der Waals surface area contributed by atoms with Gasteiger partial charge in [0.15, 0.2) is 11.5 Å². The second-order valence-electron chi connectivity index (χ2n) is 2.88. The summed E-state index contributed by atoms with van der Waals surface area (Å²) >= 11 is 0. The number of nitrogens with zero attached hydrogens (tertiary/aromatic N) is 1. The minimum atomic E-state index is 0.650. The molecule has 0 saturated carbocycles. The van der Waals surface area contributed by atoms with Crippen LogP contribution < -0.4 is 5.32 Å². The highest BCUT2D eigenvalue weighted by molar-refractivity contribution is 5.47. The smallest absolute Gasteiger partial charge is 0.209 e. The van der Waals surface area contributed by atoms with Gasteiger partial charge in [-0.25, -0.2) is 4.98 Å². The number of oxazole rings is 1. The summed E-state index contributed by atoms with van der Waals surface area (Å²) in [6.45, 7) is 3.59. The molecule has 74 valence electrons. The largest absolute Gasteiger partial charge is 0.461 e. The van der Waals surface area contributed by atoms with Crippen LogP contribution in [0.15, 0.2) is 33.4 Å². The molecule has 0 aliphatic heterocycles. The minimum Gasteiger partial charge on any atom is -0.461 e. The third-order valence-corrected chi connectivity index (χ3v) is 1.84. The number of hydrogen-bond acceptors (Lipinski definition) is 4. The summed E-state index contributed by atoms with van der Waals surface area (Å²) in [6.07, 6.45) is 3.29. The molecule has 0 saturated heterocycles. The van der Waals surface area contributed by atoms with Gasteiger partial charge in [0.25, 0.3) is 0 Å². The van der Waals surface area contributed by atoms with Crippen LogP contribution in [0, 0.1) is 0 Å². The van der Waals surface area contributed by atoms with E-state index in [1.807, 2.05) is 19.1 Å². The molecule has 0 amide bonds. The third kappa shape index (κ3) is 1.85. The molecule has 0 atom stereocenters. The van der Waals surface area contributed by atoms with Crippen LogP contribution in [-0.2, 0) is 6.54 Å². The van der Waals surface area contributed by atoms with Crippen LogP contribution in [0.2, 0.25) is 0 Å². The van der Waals surface area contributed by atoms with E-state index in [1.165, 1.54) is 0 Å². The van der Waals surface area contributed by atoms with Gasteiger partial charge in [0, 0.05) is 0 Å². The Balaban J connectivity index is 2.10. The number of aromatic nitrogens is 1. The summed E-state index contributed by atoms with van der Waals surface area (Å²) in [6, 6.07) is 3.67. The van der Waals surface area contributed by atoms with Crippen molar-refractivity contribution in [1.82, 2.24) is 10.3 Å². The zero-order chi connectivity index (χ0) is 9.80. The molecule has 0 unspecified atom stereocenters. The Morgan fingerprint density at radius 3 is 3.07 bits per heavy atom. The van der Waals surface area contributed by atoms with Crippen molar-refractivity contribution >= 4 is 0 Å². The van der Waals surface area contributed by atoms with Gasteiger partial charge in [-0.15, -0.1) is 0 Å². The maximum atomic E-state index is 5.46. The molecule has 14 heavy (non-hydrogen) atoms. The topological polar surface area (TPSA) is 51.2 Å². The molecule has 0 aliphatic carbocycles. The van der Waals surface area contributed by atoms with Crippen LogP contribution in [0.3, 0.4) is 0 Å². The van der Waals surface area contributed by atoms with E-state index in [-0.39, 0.29) is 0 Å². The van der Waals surface area contributed by atoms with Crippen LogP contribution in [0.4, 0.5) is 0 Å². The highest BCUT2D eigenvalue weighted by atomic mass is 16.4. The Morgan fingerprint density at radius 1 is 1.43 bits per heavy atom. The van der Waals surface area contributed by atoms with Gasteiger partial charge in [-0.05, 0) is 18.7 Å². The van der Waals surface area contributed by atoms with E-state index < -0.39 is 0 Å². The molecule has 0 aromatic carbocycles. The number of nitrogens with one attached hydrogen (secondary N) is 1. The van der Waals surface area contributed by atoms with Crippen molar-refractivity contribution in [3.8, 4) is 11.5 Å². The molecular weight excluding hydrogens is 180 g/mol. The maximum Gasteiger partial charge on any atom is 0.209 e. The molecule has 0 spiro atoms. The zero-order valence-electron chi connectivity index (χ0n) is 7.99. The summed E-state index contributed by atoms with van der Waals surface area (Å²) in [5.74, 6) is 2.06. The van der Waals surface area contributed by atoms with Crippen LogP contribution in [0.5, 0.6) is 0 Å². The first-order valence-electron chi connectivity index (χ1n) is 4.59. The fraction of sp³-hybridized carbons (Fsp3) is 0.300. The van der Waals surface area contributed by atoms with E-state index in [9.17, 15) is 0 Å². The summed E-state index contributed by atoms with van der Waals surface area (Å²) in [5, 5.41) is 3.14. The molecule has 0 aliphatic rings. The van der Waals surface area contributed by atoms with E-state index in [1.54, 1.807) is 12.5 Å². The molecule has 0 radical (unpaired) electrons. The van der Waals surface area contributed by atoms with Crippen molar-refractivity contribution in [2.45, 2.75) is 13.5 Å². The average Bonchev–Trinajstić information content (AvgIpc) is 2.85. The fourth-order valence-corrected chi connectivity index (χ4v) is 1.16. The molecule has 2 heterocycles. The number of furan rings is 1. The van der Waals surface area contributed by atoms with Gasteiger partial charge >= 0.3 is 0 Å². The second-order valence-corrected chi connectivity index (χ2v) is 2.88. The van der Waals surface area contributed by atoms with Gasteiger partial charge in [-0.3, -0.25) is 0 Å². The van der Waals surface area contributed by atoms with E-state index in [0.717, 1.165) is 6.54 Å². The molecule has 2 aromatic rings. The monoisotopic (exact) mass is 192 g/mol.